The van der Waals surface area contributed by atoms with E-state index in [9.17, 15) is 4.79 Å². The van der Waals surface area contributed by atoms with E-state index >= 15 is 0 Å². The zero-order valence-electron chi connectivity index (χ0n) is 18.0. The fraction of sp³-hybridized carbons (Fsp3) is 0.360. The van der Waals surface area contributed by atoms with Crippen LogP contribution in [0.4, 0.5) is 4.79 Å². The molecule has 2 aliphatic heterocycles. The quantitative estimate of drug-likeness (QED) is 0.581. The molecule has 32 heavy (non-hydrogen) atoms. The van der Waals surface area contributed by atoms with Crippen LogP contribution in [0.3, 0.4) is 0 Å². The molecule has 2 fully saturated rings. The van der Waals surface area contributed by atoms with Gasteiger partial charge in [-0.3, -0.25) is 4.90 Å². The molecule has 0 aliphatic carbocycles. The molecule has 7 heteroatoms. The fourth-order valence-corrected chi connectivity index (χ4v) is 5.18. The van der Waals surface area contributed by atoms with E-state index in [2.05, 4.69) is 51.0 Å². The second kappa shape index (κ2) is 9.35. The maximum atomic E-state index is 12.5. The molecule has 166 valence electrons. The lowest BCUT2D eigenvalue weighted by atomic mass is 9.96. The van der Waals surface area contributed by atoms with Crippen LogP contribution in [0.25, 0.3) is 5.69 Å². The summed E-state index contributed by atoms with van der Waals surface area (Å²) in [6.07, 6.45) is 8.18. The maximum absolute atomic E-state index is 12.5. The van der Waals surface area contributed by atoms with Crippen molar-refractivity contribution in [2.45, 2.75) is 56.9 Å². The summed E-state index contributed by atoms with van der Waals surface area (Å²) in [5, 5.41) is 11.3. The first-order valence-corrected chi connectivity index (χ1v) is 11.7. The number of rotatable bonds is 6. The van der Waals surface area contributed by atoms with Crippen LogP contribution in [-0.4, -0.2) is 38.8 Å². The summed E-state index contributed by atoms with van der Waals surface area (Å²) >= 11 is 5.95. The Morgan fingerprint density at radius 2 is 1.72 bits per heavy atom. The molecule has 0 saturated carbocycles. The number of hydrogen-bond acceptors (Lipinski definition) is 3. The van der Waals surface area contributed by atoms with Gasteiger partial charge in [-0.15, -0.1) is 0 Å². The number of fused-ring (bicyclic) bond motifs is 2. The molecule has 2 aromatic carbocycles. The van der Waals surface area contributed by atoms with Crippen molar-refractivity contribution >= 4 is 17.6 Å². The Hall–Kier alpha value is -2.83. The van der Waals surface area contributed by atoms with Crippen molar-refractivity contribution in [3.8, 4) is 5.69 Å². The summed E-state index contributed by atoms with van der Waals surface area (Å²) in [6.45, 7) is 1.45. The predicted octanol–water partition coefficient (Wildman–Crippen LogP) is 4.52. The van der Waals surface area contributed by atoms with Crippen LogP contribution < -0.4 is 10.6 Å². The smallest absolute Gasteiger partial charge is 0.315 e. The summed E-state index contributed by atoms with van der Waals surface area (Å²) in [7, 11) is 0. The van der Waals surface area contributed by atoms with Gasteiger partial charge in [0.05, 0.1) is 11.9 Å². The van der Waals surface area contributed by atoms with E-state index in [1.54, 1.807) is 10.9 Å². The first-order chi connectivity index (χ1) is 15.6. The number of hydrogen-bond donors (Lipinski definition) is 2. The van der Waals surface area contributed by atoms with Gasteiger partial charge < -0.3 is 10.6 Å². The molecule has 0 radical (unpaired) electrons. The lowest BCUT2D eigenvalue weighted by Gasteiger charge is -2.39. The lowest BCUT2D eigenvalue weighted by molar-refractivity contribution is 0.111. The normalized spacial score (nSPS) is 22.6. The highest BCUT2D eigenvalue weighted by Crippen LogP contribution is 2.36. The Bertz CT molecular complexity index is 1040. The van der Waals surface area contributed by atoms with Gasteiger partial charge in [-0.25, -0.2) is 9.48 Å². The summed E-state index contributed by atoms with van der Waals surface area (Å²) in [4.78, 5) is 15.2. The molecule has 2 atom stereocenters. The Morgan fingerprint density at radius 1 is 1.00 bits per heavy atom. The number of aromatic nitrogens is 2. The minimum atomic E-state index is -0.106. The Morgan fingerprint density at radius 3 is 2.44 bits per heavy atom. The van der Waals surface area contributed by atoms with E-state index in [-0.39, 0.29) is 12.1 Å². The molecular weight excluding hydrogens is 422 g/mol. The molecule has 2 amide bonds. The second-order valence-electron chi connectivity index (χ2n) is 8.81. The van der Waals surface area contributed by atoms with Crippen molar-refractivity contribution in [1.82, 2.24) is 25.3 Å². The molecule has 0 spiro atoms. The highest BCUT2D eigenvalue weighted by molar-refractivity contribution is 6.30. The number of piperidine rings is 1. The summed E-state index contributed by atoms with van der Waals surface area (Å²) < 4.78 is 1.78. The molecule has 5 rings (SSSR count). The van der Waals surface area contributed by atoms with Crippen molar-refractivity contribution < 1.29 is 4.79 Å². The van der Waals surface area contributed by atoms with Crippen LogP contribution in [0, 0.1) is 0 Å². The van der Waals surface area contributed by atoms with Crippen molar-refractivity contribution in [2.75, 3.05) is 0 Å². The molecule has 2 aliphatic rings. The number of carbonyl (C=O) groups is 1. The van der Waals surface area contributed by atoms with Gasteiger partial charge in [-0.05, 0) is 55.5 Å². The minimum absolute atomic E-state index is 0.106. The third-order valence-electron chi connectivity index (χ3n) is 6.61. The van der Waals surface area contributed by atoms with E-state index in [0.29, 0.717) is 23.7 Å². The molecule has 3 aromatic rings. The van der Waals surface area contributed by atoms with Crippen LogP contribution in [0.15, 0.2) is 67.0 Å². The Balaban J connectivity index is 1.11. The maximum Gasteiger partial charge on any atom is 0.315 e. The zero-order chi connectivity index (χ0) is 21.9. The van der Waals surface area contributed by atoms with Crippen LogP contribution >= 0.6 is 11.6 Å². The van der Waals surface area contributed by atoms with Crippen molar-refractivity contribution in [1.29, 1.82) is 0 Å². The molecule has 2 N–H and O–H groups in total. The van der Waals surface area contributed by atoms with Crippen molar-refractivity contribution in [3.05, 3.63) is 83.1 Å². The van der Waals surface area contributed by atoms with Gasteiger partial charge in [0, 0.05) is 48.0 Å². The largest absolute Gasteiger partial charge is 0.335 e. The van der Waals surface area contributed by atoms with Gasteiger partial charge in [-0.1, -0.05) is 41.9 Å². The number of halogens is 1. The van der Waals surface area contributed by atoms with E-state index in [4.69, 9.17) is 11.6 Å². The average Bonchev–Trinajstić information content (AvgIpc) is 3.36. The van der Waals surface area contributed by atoms with Gasteiger partial charge in [-0.2, -0.15) is 5.10 Å². The van der Waals surface area contributed by atoms with Crippen molar-refractivity contribution in [2.24, 2.45) is 0 Å². The summed E-state index contributed by atoms with van der Waals surface area (Å²) in [5.41, 5.74) is 3.25. The Labute approximate surface area is 193 Å². The molecule has 2 saturated heterocycles. The second-order valence-corrected chi connectivity index (χ2v) is 9.24. The van der Waals surface area contributed by atoms with Crippen LogP contribution in [0.5, 0.6) is 0 Å². The molecule has 1 aromatic heterocycles. The monoisotopic (exact) mass is 449 g/mol. The number of benzene rings is 2. The highest BCUT2D eigenvalue weighted by Gasteiger charge is 2.40. The van der Waals surface area contributed by atoms with Gasteiger partial charge in [0.2, 0.25) is 0 Å². The van der Waals surface area contributed by atoms with E-state index in [1.807, 2.05) is 30.5 Å². The zero-order valence-corrected chi connectivity index (χ0v) is 18.7. The Kier molecular flexibility index (Phi) is 6.14. The first-order valence-electron chi connectivity index (χ1n) is 11.3. The van der Waals surface area contributed by atoms with Crippen molar-refractivity contribution in [3.63, 3.8) is 0 Å². The van der Waals surface area contributed by atoms with Crippen LogP contribution in [0.1, 0.15) is 36.8 Å². The molecule has 2 unspecified atom stereocenters. The van der Waals surface area contributed by atoms with Gasteiger partial charge in [0.15, 0.2) is 0 Å². The molecular formula is C25H28ClN5O. The van der Waals surface area contributed by atoms with Crippen LogP contribution in [-0.2, 0) is 13.1 Å². The minimum Gasteiger partial charge on any atom is -0.335 e. The predicted molar refractivity (Wildman–Crippen MR) is 126 cm³/mol. The molecule has 2 bridgehead atoms. The van der Waals surface area contributed by atoms with Gasteiger partial charge in [0.1, 0.15) is 0 Å². The number of urea groups is 1. The molecule has 6 nitrogen and oxygen atoms in total. The standard InChI is InChI=1S/C25H28ClN5O/c26-20-6-8-22(9-7-20)31-17-19(15-28-31)14-27-25(32)29-21-12-23-10-11-24(13-21)30(23)16-18-4-2-1-3-5-18/h1-9,15,17,21,23-24H,10-14,16H2,(H2,27,29,32). The average molecular weight is 450 g/mol. The number of amides is 2. The number of nitrogens with zero attached hydrogens (tertiary/aromatic N) is 3. The number of carbonyl (C=O) groups excluding carboxylic acids is 1. The topological polar surface area (TPSA) is 62.2 Å². The summed E-state index contributed by atoms with van der Waals surface area (Å²) in [5.74, 6) is 0. The fourth-order valence-electron chi connectivity index (χ4n) is 5.05. The van der Waals surface area contributed by atoms with E-state index < -0.39 is 0 Å². The van der Waals surface area contributed by atoms with Gasteiger partial charge in [0.25, 0.3) is 0 Å². The third kappa shape index (κ3) is 4.81. The lowest BCUT2D eigenvalue weighted by Crippen LogP contribution is -2.51. The van der Waals surface area contributed by atoms with Gasteiger partial charge >= 0.3 is 6.03 Å². The number of nitrogens with one attached hydrogen (secondary N) is 2. The first kappa shape index (κ1) is 21.0. The third-order valence-corrected chi connectivity index (χ3v) is 6.86. The highest BCUT2D eigenvalue weighted by atomic mass is 35.5. The van der Waals surface area contributed by atoms with Crippen LogP contribution in [0.2, 0.25) is 5.02 Å². The van der Waals surface area contributed by atoms with E-state index in [1.165, 1.54) is 18.4 Å². The molecule has 3 heterocycles. The summed E-state index contributed by atoms with van der Waals surface area (Å²) in [6, 6.07) is 19.4. The SMILES string of the molecule is O=C(NCc1cnn(-c2ccc(Cl)cc2)c1)NC1CC2CCC(C1)N2Cc1ccccc1. The van der Waals surface area contributed by atoms with E-state index in [0.717, 1.165) is 30.6 Å².